The molecule has 2 aromatic heterocycles. The third kappa shape index (κ3) is 12.8. The number of aryl methyl sites for hydroxylation is 4. The number of carbonyl (C=O) groups excluding carboxylic acids is 1. The molecule has 4 aromatic rings. The predicted molar refractivity (Wildman–Crippen MR) is 143 cm³/mol. The highest BCUT2D eigenvalue weighted by atomic mass is 127. The molecule has 0 spiro atoms. The molecule has 0 saturated carbocycles. The number of benzene rings is 2. The van der Waals surface area contributed by atoms with Crippen LogP contribution >= 0.6 is 22.6 Å². The van der Waals surface area contributed by atoms with E-state index < -0.39 is 0 Å². The van der Waals surface area contributed by atoms with Crippen molar-refractivity contribution in [1.82, 2.24) is 24.8 Å². The van der Waals surface area contributed by atoms with Gasteiger partial charge in [0.1, 0.15) is 12.7 Å². The van der Waals surface area contributed by atoms with Gasteiger partial charge in [0.15, 0.2) is 5.69 Å². The molecule has 35 heavy (non-hydrogen) atoms. The van der Waals surface area contributed by atoms with Gasteiger partial charge in [-0.25, -0.2) is 9.67 Å². The number of rotatable bonds is 3. The van der Waals surface area contributed by atoms with Crippen LogP contribution in [0.5, 0.6) is 0 Å². The Morgan fingerprint density at radius 3 is 1.89 bits per heavy atom. The summed E-state index contributed by atoms with van der Waals surface area (Å²) in [6.07, 6.45) is 6.66. The maximum atomic E-state index is 9.82. The SMILES string of the molecule is CCOC(C)=O.CI.Cc1cc(C)cc(-[n+]2cnc[nH]2)c1.Cc1cc(C)cc(-n2cncn2)c1.[I-]. The molecule has 4 rings (SSSR count). The van der Waals surface area contributed by atoms with E-state index in [0.717, 1.165) is 11.4 Å². The average molecular weight is 704 g/mol. The molecule has 1 N–H and O–H groups in total. The lowest BCUT2D eigenvalue weighted by Crippen LogP contribution is -3.00. The highest BCUT2D eigenvalue weighted by Crippen LogP contribution is 2.11. The number of alkyl halides is 1. The molecule has 190 valence electrons. The second-order valence-corrected chi connectivity index (χ2v) is 7.35. The third-order valence-electron chi connectivity index (χ3n) is 4.18. The summed E-state index contributed by atoms with van der Waals surface area (Å²) in [5, 5.41) is 7.09. The Bertz CT molecular complexity index is 995. The summed E-state index contributed by atoms with van der Waals surface area (Å²) in [6, 6.07) is 12.7. The first-order valence-corrected chi connectivity index (χ1v) is 12.9. The molecule has 0 bridgehead atoms. The average Bonchev–Trinajstić information content (AvgIpc) is 3.49. The smallest absolute Gasteiger partial charge is 0.312 e. The second-order valence-electron chi connectivity index (χ2n) is 7.35. The molecule has 0 atom stereocenters. The van der Waals surface area contributed by atoms with Crippen LogP contribution in [-0.4, -0.2) is 42.4 Å². The summed E-state index contributed by atoms with van der Waals surface area (Å²) in [5.74, 6) is -0.211. The van der Waals surface area contributed by atoms with Gasteiger partial charge in [-0.15, -0.1) is 4.68 Å². The van der Waals surface area contributed by atoms with Gasteiger partial charge in [-0.1, -0.05) is 34.7 Å². The van der Waals surface area contributed by atoms with Gasteiger partial charge < -0.3 is 28.7 Å². The maximum absolute atomic E-state index is 9.82. The van der Waals surface area contributed by atoms with Gasteiger partial charge in [-0.3, -0.25) is 4.79 Å². The molecule has 0 saturated heterocycles. The van der Waals surface area contributed by atoms with Crippen LogP contribution in [0.15, 0.2) is 61.7 Å². The van der Waals surface area contributed by atoms with Crippen molar-refractivity contribution in [3.63, 3.8) is 0 Å². The van der Waals surface area contributed by atoms with E-state index in [9.17, 15) is 4.79 Å². The molecular formula is C25H34I2N6O2. The van der Waals surface area contributed by atoms with Gasteiger partial charge in [0.05, 0.1) is 12.3 Å². The number of carbonyl (C=O) groups is 1. The summed E-state index contributed by atoms with van der Waals surface area (Å²) in [5.41, 5.74) is 7.19. The van der Waals surface area contributed by atoms with Crippen molar-refractivity contribution >= 4 is 28.6 Å². The van der Waals surface area contributed by atoms with Gasteiger partial charge >= 0.3 is 12.3 Å². The first kappa shape index (κ1) is 32.7. The van der Waals surface area contributed by atoms with Gasteiger partial charge in [-0.05, 0) is 91.1 Å². The van der Waals surface area contributed by atoms with Crippen molar-refractivity contribution in [2.24, 2.45) is 0 Å². The molecule has 0 fully saturated rings. The van der Waals surface area contributed by atoms with Crippen molar-refractivity contribution in [2.45, 2.75) is 41.5 Å². The van der Waals surface area contributed by atoms with Crippen LogP contribution in [0.1, 0.15) is 36.1 Å². The maximum Gasteiger partial charge on any atom is 0.312 e. The number of aromatic nitrogens is 6. The van der Waals surface area contributed by atoms with Crippen molar-refractivity contribution < 1.29 is 38.2 Å². The van der Waals surface area contributed by atoms with E-state index >= 15 is 0 Å². The van der Waals surface area contributed by atoms with Crippen LogP contribution in [0.25, 0.3) is 11.4 Å². The Hall–Kier alpha value is -2.35. The number of ether oxygens (including phenoxy) is 1. The summed E-state index contributed by atoms with van der Waals surface area (Å²) < 4.78 is 8.06. The number of H-pyrrole nitrogens is 1. The predicted octanol–water partition coefficient (Wildman–Crippen LogP) is 1.81. The number of esters is 1. The number of halogens is 2. The quantitative estimate of drug-likeness (QED) is 0.152. The van der Waals surface area contributed by atoms with Crippen LogP contribution < -0.4 is 28.7 Å². The van der Waals surface area contributed by atoms with Gasteiger partial charge in [0.2, 0.25) is 6.33 Å². The van der Waals surface area contributed by atoms with Gasteiger partial charge in [0, 0.05) is 6.92 Å². The minimum Gasteiger partial charge on any atom is -1.00 e. The fourth-order valence-electron chi connectivity index (χ4n) is 3.09. The third-order valence-corrected chi connectivity index (χ3v) is 4.18. The zero-order valence-electron chi connectivity index (χ0n) is 21.3. The van der Waals surface area contributed by atoms with Crippen molar-refractivity contribution in [3.8, 4) is 11.4 Å². The van der Waals surface area contributed by atoms with Crippen LogP contribution in [-0.2, 0) is 9.53 Å². The van der Waals surface area contributed by atoms with Crippen molar-refractivity contribution in [1.29, 1.82) is 0 Å². The fraction of sp³-hybridized carbons (Fsp3) is 0.320. The second kappa shape index (κ2) is 18.0. The van der Waals surface area contributed by atoms with E-state index in [2.05, 4.69) is 112 Å². The molecule has 0 aliphatic rings. The van der Waals surface area contributed by atoms with Crippen LogP contribution in [0.4, 0.5) is 0 Å². The van der Waals surface area contributed by atoms with E-state index in [0.29, 0.717) is 6.61 Å². The van der Waals surface area contributed by atoms with Crippen LogP contribution in [0.2, 0.25) is 0 Å². The first-order valence-electron chi connectivity index (χ1n) is 10.7. The molecular weight excluding hydrogens is 670 g/mol. The van der Waals surface area contributed by atoms with E-state index in [-0.39, 0.29) is 29.9 Å². The zero-order chi connectivity index (χ0) is 25.5. The van der Waals surface area contributed by atoms with E-state index in [1.54, 1.807) is 30.6 Å². The number of nitrogens with zero attached hydrogens (tertiary/aromatic N) is 5. The molecule has 0 amide bonds. The summed E-state index contributed by atoms with van der Waals surface area (Å²) in [7, 11) is 0. The Balaban J connectivity index is 0.000000502. The Kier molecular flexibility index (Phi) is 16.8. The first-order chi connectivity index (χ1) is 16.3. The lowest BCUT2D eigenvalue weighted by Gasteiger charge is -2.03. The van der Waals surface area contributed by atoms with Crippen LogP contribution in [0.3, 0.4) is 0 Å². The highest BCUT2D eigenvalue weighted by molar-refractivity contribution is 14.1. The molecule has 2 aromatic carbocycles. The molecule has 0 radical (unpaired) electrons. The lowest BCUT2D eigenvalue weighted by molar-refractivity contribution is -0.656. The number of hydrogen-bond acceptors (Lipinski definition) is 5. The monoisotopic (exact) mass is 704 g/mol. The largest absolute Gasteiger partial charge is 1.00 e. The zero-order valence-corrected chi connectivity index (χ0v) is 25.6. The molecule has 8 nitrogen and oxygen atoms in total. The normalized spacial score (nSPS) is 9.14. The molecule has 0 aliphatic heterocycles. The Labute approximate surface area is 238 Å². The van der Waals surface area contributed by atoms with Crippen molar-refractivity contribution in [2.75, 3.05) is 11.5 Å². The molecule has 0 unspecified atom stereocenters. The van der Waals surface area contributed by atoms with Gasteiger partial charge in [0.25, 0.3) is 0 Å². The minimum atomic E-state index is -0.211. The van der Waals surface area contributed by atoms with E-state index in [1.807, 2.05) is 9.61 Å². The van der Waals surface area contributed by atoms with Gasteiger partial charge in [-0.2, -0.15) is 10.2 Å². The number of aromatic amines is 1. The van der Waals surface area contributed by atoms with Crippen LogP contribution in [0, 0.1) is 27.7 Å². The lowest BCUT2D eigenvalue weighted by atomic mass is 10.1. The fourth-order valence-corrected chi connectivity index (χ4v) is 3.09. The highest BCUT2D eigenvalue weighted by Gasteiger charge is 2.04. The summed E-state index contributed by atoms with van der Waals surface area (Å²) in [6.45, 7) is 12.0. The van der Waals surface area contributed by atoms with Crippen molar-refractivity contribution in [3.05, 3.63) is 84.0 Å². The molecule has 2 heterocycles. The Morgan fingerprint density at radius 1 is 0.971 bits per heavy atom. The minimum absolute atomic E-state index is 0. The molecule has 0 aliphatic carbocycles. The summed E-state index contributed by atoms with van der Waals surface area (Å²) in [4.78, 5) is 19.7. The number of nitrogens with one attached hydrogen (secondary N) is 1. The van der Waals surface area contributed by atoms with E-state index in [1.165, 1.54) is 35.5 Å². The number of hydrogen-bond donors (Lipinski definition) is 1. The standard InChI is InChI=1S/2C10H11N3.C4H8O2.CH3I.HI/c2*1-8-3-9(2)5-10(4-8)13-7-11-6-12-13;1-3-6-4(2)5;1-2;/h2*3-7H,1-2H3;3H2,1-2H3;1H3;1H. The Morgan fingerprint density at radius 2 is 1.51 bits per heavy atom. The summed E-state index contributed by atoms with van der Waals surface area (Å²) >= 11 is 2.15. The van der Waals surface area contributed by atoms with E-state index in [4.69, 9.17) is 0 Å². The topological polar surface area (TPSA) is 89.6 Å². The molecule has 10 heteroatoms.